The van der Waals surface area contributed by atoms with Gasteiger partial charge in [-0.25, -0.2) is 0 Å². The minimum Gasteiger partial charge on any atom is -0.384 e. The number of nitrogens with one attached hydrogen (secondary N) is 1. The molecule has 0 spiro atoms. The lowest BCUT2D eigenvalue weighted by molar-refractivity contribution is 0.866. The van der Waals surface area contributed by atoms with Gasteiger partial charge in [0.1, 0.15) is 5.84 Å². The molecule has 0 aliphatic heterocycles. The summed E-state index contributed by atoms with van der Waals surface area (Å²) in [5.41, 5.74) is 6.43. The van der Waals surface area contributed by atoms with Gasteiger partial charge in [-0.15, -0.1) is 0 Å². The van der Waals surface area contributed by atoms with Gasteiger partial charge in [0.2, 0.25) is 0 Å². The highest BCUT2D eigenvalue weighted by molar-refractivity contribution is 6.35. The molecule has 1 aromatic carbocycles. The minimum absolute atomic E-state index is 0.157. The van der Waals surface area contributed by atoms with Crippen molar-refractivity contribution in [2.75, 3.05) is 0 Å². The van der Waals surface area contributed by atoms with Crippen molar-refractivity contribution in [3.05, 3.63) is 56.3 Å². The lowest BCUT2D eigenvalue weighted by Crippen LogP contribution is -2.28. The molecular formula is C13H11Cl2N3O. The highest BCUT2D eigenvalue weighted by Gasteiger charge is 2.12. The normalized spacial score (nSPS) is 10.5. The molecule has 0 atom stereocenters. The summed E-state index contributed by atoms with van der Waals surface area (Å²) >= 11 is 12.1. The summed E-state index contributed by atoms with van der Waals surface area (Å²) in [6.45, 7) is 0. The highest BCUT2D eigenvalue weighted by Crippen LogP contribution is 2.29. The molecule has 98 valence electrons. The Morgan fingerprint density at radius 2 is 1.95 bits per heavy atom. The Morgan fingerprint density at radius 1 is 1.26 bits per heavy atom. The first-order valence-electron chi connectivity index (χ1n) is 5.41. The second-order valence-corrected chi connectivity index (χ2v) is 4.88. The fraction of sp³-hybridized carbons (Fsp3) is 0.0769. The number of rotatable bonds is 2. The van der Waals surface area contributed by atoms with E-state index in [2.05, 4.69) is 0 Å². The monoisotopic (exact) mass is 295 g/mol. The third kappa shape index (κ3) is 2.50. The average molecular weight is 296 g/mol. The maximum Gasteiger partial charge on any atom is 0.261 e. The molecule has 2 rings (SSSR count). The number of benzene rings is 1. The average Bonchev–Trinajstić information content (AvgIpc) is 2.35. The summed E-state index contributed by atoms with van der Waals surface area (Å²) in [6, 6.07) is 8.23. The van der Waals surface area contributed by atoms with Crippen molar-refractivity contribution in [3.63, 3.8) is 0 Å². The van der Waals surface area contributed by atoms with E-state index in [0.717, 1.165) is 0 Å². The van der Waals surface area contributed by atoms with Crippen LogP contribution in [0.3, 0.4) is 0 Å². The Morgan fingerprint density at radius 3 is 2.58 bits per heavy atom. The number of amidine groups is 1. The second-order valence-electron chi connectivity index (χ2n) is 4.03. The largest absolute Gasteiger partial charge is 0.384 e. The van der Waals surface area contributed by atoms with Crippen molar-refractivity contribution in [2.45, 2.75) is 0 Å². The molecule has 4 nitrogen and oxygen atoms in total. The fourth-order valence-corrected chi connectivity index (χ4v) is 2.19. The summed E-state index contributed by atoms with van der Waals surface area (Å²) in [5.74, 6) is -0.260. The number of nitrogens with zero attached hydrogens (tertiary/aromatic N) is 1. The van der Waals surface area contributed by atoms with E-state index >= 15 is 0 Å². The lowest BCUT2D eigenvalue weighted by atomic mass is 10.1. The molecule has 19 heavy (non-hydrogen) atoms. The lowest BCUT2D eigenvalue weighted by Gasteiger charge is -2.11. The number of nitrogens with two attached hydrogens (primary N) is 1. The third-order valence-corrected chi connectivity index (χ3v) is 3.36. The number of hydrogen-bond acceptors (Lipinski definition) is 2. The molecule has 2 aromatic rings. The van der Waals surface area contributed by atoms with Gasteiger partial charge in [-0.3, -0.25) is 10.2 Å². The molecule has 1 heterocycles. The van der Waals surface area contributed by atoms with Gasteiger partial charge in [0.15, 0.2) is 0 Å². The first-order valence-corrected chi connectivity index (χ1v) is 6.17. The fourth-order valence-electron chi connectivity index (χ4n) is 1.80. The predicted octanol–water partition coefficient (Wildman–Crippen LogP) is 2.64. The zero-order valence-corrected chi connectivity index (χ0v) is 11.6. The van der Waals surface area contributed by atoms with Crippen LogP contribution in [0.2, 0.25) is 10.0 Å². The Labute approximate surface area is 119 Å². The van der Waals surface area contributed by atoms with E-state index in [1.54, 1.807) is 31.3 Å². The van der Waals surface area contributed by atoms with Crippen LogP contribution < -0.4 is 11.3 Å². The Balaban J connectivity index is 2.71. The van der Waals surface area contributed by atoms with Gasteiger partial charge < -0.3 is 10.3 Å². The first kappa shape index (κ1) is 13.6. The molecule has 0 radical (unpaired) electrons. The minimum atomic E-state index is -0.346. The Kier molecular flexibility index (Phi) is 3.64. The molecule has 0 aliphatic rings. The molecule has 6 heteroatoms. The summed E-state index contributed by atoms with van der Waals surface area (Å²) < 4.78 is 1.40. The quantitative estimate of drug-likeness (QED) is 0.660. The van der Waals surface area contributed by atoms with Crippen LogP contribution >= 0.6 is 23.2 Å². The summed E-state index contributed by atoms with van der Waals surface area (Å²) in [5, 5.41) is 8.37. The number of nitrogen functional groups attached to an aromatic ring is 1. The van der Waals surface area contributed by atoms with Gasteiger partial charge in [-0.1, -0.05) is 23.2 Å². The van der Waals surface area contributed by atoms with Crippen molar-refractivity contribution >= 4 is 29.0 Å². The van der Waals surface area contributed by atoms with Crippen LogP contribution in [0.15, 0.2) is 35.1 Å². The number of halogens is 2. The number of pyridine rings is 1. The van der Waals surface area contributed by atoms with E-state index in [1.165, 1.54) is 10.6 Å². The van der Waals surface area contributed by atoms with E-state index in [-0.39, 0.29) is 17.0 Å². The smallest absolute Gasteiger partial charge is 0.261 e. The van der Waals surface area contributed by atoms with Crippen LogP contribution in [0.4, 0.5) is 0 Å². The van der Waals surface area contributed by atoms with E-state index in [4.69, 9.17) is 34.3 Å². The molecule has 0 saturated carbocycles. The molecule has 3 N–H and O–H groups in total. The molecule has 0 aliphatic carbocycles. The summed E-state index contributed by atoms with van der Waals surface area (Å²) in [7, 11) is 1.60. The van der Waals surface area contributed by atoms with Crippen molar-refractivity contribution in [2.24, 2.45) is 12.8 Å². The van der Waals surface area contributed by atoms with Crippen LogP contribution in [0.1, 0.15) is 5.56 Å². The zero-order valence-electron chi connectivity index (χ0n) is 10.1. The highest BCUT2D eigenvalue weighted by atomic mass is 35.5. The standard InChI is InChI=1S/C13H11Cl2N3O/c1-18-11(5-3-8(12(16)17)13(18)19)9-6-7(14)2-4-10(9)15/h2-6H,1H3,(H3,16,17). The molecule has 1 aromatic heterocycles. The van der Waals surface area contributed by atoms with Gasteiger partial charge in [-0.2, -0.15) is 0 Å². The molecule has 0 unspecified atom stereocenters. The van der Waals surface area contributed by atoms with Crippen LogP contribution in [-0.2, 0) is 7.05 Å². The van der Waals surface area contributed by atoms with E-state index in [1.807, 2.05) is 0 Å². The SMILES string of the molecule is Cn1c(-c2cc(Cl)ccc2Cl)ccc(C(=N)N)c1=O. The van der Waals surface area contributed by atoms with Crippen molar-refractivity contribution in [1.29, 1.82) is 5.41 Å². The van der Waals surface area contributed by atoms with E-state index in [9.17, 15) is 4.79 Å². The van der Waals surface area contributed by atoms with Crippen molar-refractivity contribution in [1.82, 2.24) is 4.57 Å². The predicted molar refractivity (Wildman–Crippen MR) is 78.2 cm³/mol. The Hall–Kier alpha value is -1.78. The van der Waals surface area contributed by atoms with Crippen LogP contribution in [-0.4, -0.2) is 10.4 Å². The third-order valence-electron chi connectivity index (χ3n) is 2.80. The van der Waals surface area contributed by atoms with Crippen molar-refractivity contribution < 1.29 is 0 Å². The maximum atomic E-state index is 12.1. The molecule has 0 fully saturated rings. The molecule has 0 bridgehead atoms. The maximum absolute atomic E-state index is 12.1. The van der Waals surface area contributed by atoms with Gasteiger partial charge in [0.25, 0.3) is 5.56 Å². The van der Waals surface area contributed by atoms with E-state index in [0.29, 0.717) is 21.3 Å². The zero-order chi connectivity index (χ0) is 14.2. The molecule has 0 amide bonds. The van der Waals surface area contributed by atoms with Gasteiger partial charge in [0, 0.05) is 22.7 Å². The Bertz CT molecular complexity index is 722. The molecule has 0 saturated heterocycles. The van der Waals surface area contributed by atoms with E-state index < -0.39 is 0 Å². The first-order chi connectivity index (χ1) is 8.91. The van der Waals surface area contributed by atoms with Crippen LogP contribution in [0.25, 0.3) is 11.3 Å². The topological polar surface area (TPSA) is 71.9 Å². The van der Waals surface area contributed by atoms with Crippen molar-refractivity contribution in [3.8, 4) is 11.3 Å². The van der Waals surface area contributed by atoms with Crippen LogP contribution in [0, 0.1) is 5.41 Å². The number of aromatic nitrogens is 1. The van der Waals surface area contributed by atoms with Gasteiger partial charge >= 0.3 is 0 Å². The second kappa shape index (κ2) is 5.07. The number of hydrogen-bond donors (Lipinski definition) is 2. The summed E-state index contributed by atoms with van der Waals surface area (Å²) in [4.78, 5) is 12.1. The van der Waals surface area contributed by atoms with Gasteiger partial charge in [-0.05, 0) is 30.3 Å². The van der Waals surface area contributed by atoms with Gasteiger partial charge in [0.05, 0.1) is 11.3 Å². The summed E-state index contributed by atoms with van der Waals surface area (Å²) in [6.07, 6.45) is 0. The molecular weight excluding hydrogens is 285 g/mol. The van der Waals surface area contributed by atoms with Crippen LogP contribution in [0.5, 0.6) is 0 Å².